The van der Waals surface area contributed by atoms with Gasteiger partial charge in [0.25, 0.3) is 0 Å². The predicted molar refractivity (Wildman–Crippen MR) is 55.7 cm³/mol. The third-order valence-corrected chi connectivity index (χ3v) is 3.26. The Labute approximate surface area is 107 Å². The van der Waals surface area contributed by atoms with Crippen LogP contribution in [0.3, 0.4) is 0 Å². The van der Waals surface area contributed by atoms with E-state index >= 15 is 0 Å². The molecule has 1 atom stereocenters. The summed E-state index contributed by atoms with van der Waals surface area (Å²) < 4.78 is 41.1. The maximum atomic E-state index is 11.0. The number of sulfone groups is 1. The third kappa shape index (κ3) is 3.80. The molecule has 4 nitrogen and oxygen atoms in total. The van der Waals surface area contributed by atoms with Crippen LogP contribution in [0, 0.1) is 0 Å². The molecule has 0 aromatic heterocycles. The standard InChI is InChI=1S/C7H8O4S2.Na.H/c1-13(10,11)7-4-2-6(3-5-7)12(8)9;;/h2-5H,1H3,(H,8,9);;. The van der Waals surface area contributed by atoms with Crippen molar-refractivity contribution in [2.24, 2.45) is 0 Å². The Bertz CT molecular complexity index is 424. The van der Waals surface area contributed by atoms with Crippen LogP contribution in [-0.2, 0) is 20.9 Å². The second kappa shape index (κ2) is 5.39. The summed E-state index contributed by atoms with van der Waals surface area (Å²) in [5.74, 6) is 0. The molecule has 74 valence electrons. The normalized spacial score (nSPS) is 13.0. The Morgan fingerprint density at radius 3 is 1.93 bits per heavy atom. The molecule has 1 unspecified atom stereocenters. The Balaban J connectivity index is 0.00000169. The molecule has 0 radical (unpaired) electrons. The van der Waals surface area contributed by atoms with Crippen molar-refractivity contribution in [1.82, 2.24) is 0 Å². The Morgan fingerprint density at radius 1 is 1.21 bits per heavy atom. The van der Waals surface area contributed by atoms with Crippen molar-refractivity contribution < 1.29 is 17.2 Å². The molecule has 0 saturated carbocycles. The van der Waals surface area contributed by atoms with Gasteiger partial charge in [-0.3, -0.25) is 0 Å². The first-order valence-electron chi connectivity index (χ1n) is 3.32. The predicted octanol–water partition coefficient (Wildman–Crippen LogP) is 0.0222. The average molecular weight is 244 g/mol. The van der Waals surface area contributed by atoms with E-state index in [1.165, 1.54) is 24.3 Å². The zero-order chi connectivity index (χ0) is 10.1. The van der Waals surface area contributed by atoms with Crippen molar-refractivity contribution in [2.75, 3.05) is 6.26 Å². The summed E-state index contributed by atoms with van der Waals surface area (Å²) in [7, 11) is -3.23. The summed E-state index contributed by atoms with van der Waals surface area (Å²) in [6, 6.07) is 5.23. The van der Waals surface area contributed by atoms with E-state index in [-0.39, 0.29) is 39.3 Å². The third-order valence-electron chi connectivity index (χ3n) is 1.45. The number of hydrogen-bond acceptors (Lipinski definition) is 3. The molecule has 0 aliphatic rings. The molecule has 0 aliphatic carbocycles. The summed E-state index contributed by atoms with van der Waals surface area (Å²) in [5, 5.41) is 0. The molecular formula is C7H9NaO4S2. The van der Waals surface area contributed by atoms with Crippen molar-refractivity contribution in [2.45, 2.75) is 9.79 Å². The van der Waals surface area contributed by atoms with E-state index in [1.807, 2.05) is 0 Å². The fraction of sp³-hybridized carbons (Fsp3) is 0.143. The first-order valence-corrected chi connectivity index (χ1v) is 6.32. The molecule has 0 saturated heterocycles. The zero-order valence-corrected chi connectivity index (χ0v) is 8.43. The van der Waals surface area contributed by atoms with Crippen LogP contribution in [0.15, 0.2) is 34.1 Å². The fourth-order valence-corrected chi connectivity index (χ4v) is 1.80. The molecule has 0 spiro atoms. The van der Waals surface area contributed by atoms with Crippen LogP contribution in [0.25, 0.3) is 0 Å². The number of benzene rings is 1. The average Bonchev–Trinajstić information content (AvgIpc) is 2.03. The number of hydrogen-bond donors (Lipinski definition) is 1. The quantitative estimate of drug-likeness (QED) is 0.588. The molecule has 1 aromatic carbocycles. The molecular weight excluding hydrogens is 235 g/mol. The van der Waals surface area contributed by atoms with Crippen molar-refractivity contribution in [3.05, 3.63) is 24.3 Å². The van der Waals surface area contributed by atoms with Crippen LogP contribution in [0.5, 0.6) is 0 Å². The molecule has 7 heteroatoms. The Morgan fingerprint density at radius 2 is 1.64 bits per heavy atom. The Kier molecular flexibility index (Phi) is 5.50. The van der Waals surface area contributed by atoms with Crippen LogP contribution in [0.2, 0.25) is 0 Å². The summed E-state index contributed by atoms with van der Waals surface area (Å²) >= 11 is -2.06. The molecule has 1 rings (SSSR count). The van der Waals surface area contributed by atoms with Crippen LogP contribution < -0.4 is 0 Å². The molecule has 0 amide bonds. The van der Waals surface area contributed by atoms with Gasteiger partial charge in [-0.2, -0.15) is 0 Å². The molecule has 0 bridgehead atoms. The molecule has 0 aliphatic heterocycles. The van der Waals surface area contributed by atoms with Crippen molar-refractivity contribution in [3.63, 3.8) is 0 Å². The van der Waals surface area contributed by atoms with Gasteiger partial charge in [0.2, 0.25) is 0 Å². The first-order chi connectivity index (χ1) is 5.91. The summed E-state index contributed by atoms with van der Waals surface area (Å²) in [5.41, 5.74) is 0. The second-order valence-corrected chi connectivity index (χ2v) is 5.48. The van der Waals surface area contributed by atoms with E-state index in [1.54, 1.807) is 0 Å². The zero-order valence-electron chi connectivity index (χ0n) is 6.80. The maximum absolute atomic E-state index is 11.0. The van der Waals surface area contributed by atoms with E-state index in [2.05, 4.69) is 0 Å². The van der Waals surface area contributed by atoms with Gasteiger partial charge < -0.3 is 4.55 Å². The summed E-state index contributed by atoms with van der Waals surface area (Å²) in [6.45, 7) is 0. The van der Waals surface area contributed by atoms with Crippen LogP contribution in [0.4, 0.5) is 0 Å². The van der Waals surface area contributed by atoms with E-state index in [0.717, 1.165) is 6.26 Å². The monoisotopic (exact) mass is 244 g/mol. The van der Waals surface area contributed by atoms with Gasteiger partial charge in [-0.1, -0.05) is 0 Å². The fourth-order valence-electron chi connectivity index (χ4n) is 0.803. The van der Waals surface area contributed by atoms with Gasteiger partial charge in [-0.25, -0.2) is 12.6 Å². The van der Waals surface area contributed by atoms with E-state index in [4.69, 9.17) is 4.55 Å². The molecule has 1 aromatic rings. The van der Waals surface area contributed by atoms with Crippen LogP contribution in [0.1, 0.15) is 0 Å². The molecule has 0 fully saturated rings. The minimum atomic E-state index is -3.23. The van der Waals surface area contributed by atoms with Gasteiger partial charge in [0, 0.05) is 6.26 Å². The van der Waals surface area contributed by atoms with Gasteiger partial charge >= 0.3 is 29.6 Å². The first kappa shape index (κ1) is 14.3. The van der Waals surface area contributed by atoms with Gasteiger partial charge in [0.1, 0.15) is 0 Å². The SMILES string of the molecule is CS(=O)(=O)c1ccc(S(=O)O)cc1.[NaH]. The summed E-state index contributed by atoms with van der Waals surface area (Å²) in [6.07, 6.45) is 1.08. The van der Waals surface area contributed by atoms with Crippen molar-refractivity contribution in [3.8, 4) is 0 Å². The number of rotatable bonds is 2. The van der Waals surface area contributed by atoms with Gasteiger partial charge in [-0.05, 0) is 24.3 Å². The van der Waals surface area contributed by atoms with E-state index in [9.17, 15) is 12.6 Å². The Hall–Kier alpha value is 0.280. The van der Waals surface area contributed by atoms with Gasteiger partial charge in [-0.15, -0.1) is 0 Å². The van der Waals surface area contributed by atoms with Gasteiger partial charge in [0.05, 0.1) is 9.79 Å². The minimum absolute atomic E-state index is 0. The van der Waals surface area contributed by atoms with E-state index in [0.29, 0.717) is 0 Å². The van der Waals surface area contributed by atoms with Crippen molar-refractivity contribution >= 4 is 50.5 Å². The van der Waals surface area contributed by atoms with Gasteiger partial charge in [0.15, 0.2) is 20.9 Å². The van der Waals surface area contributed by atoms with Crippen LogP contribution >= 0.6 is 0 Å². The van der Waals surface area contributed by atoms with Crippen molar-refractivity contribution in [1.29, 1.82) is 0 Å². The van der Waals surface area contributed by atoms with E-state index < -0.39 is 20.9 Å². The summed E-state index contributed by atoms with van der Waals surface area (Å²) in [4.78, 5) is 0.328. The van der Waals surface area contributed by atoms with Crippen LogP contribution in [-0.4, -0.2) is 53.0 Å². The topological polar surface area (TPSA) is 71.4 Å². The molecule has 1 N–H and O–H groups in total. The molecule has 0 heterocycles. The molecule has 14 heavy (non-hydrogen) atoms. The second-order valence-electron chi connectivity index (χ2n) is 2.49.